The molecule has 31 heavy (non-hydrogen) atoms. The molecule has 7 nitrogen and oxygen atoms in total. The van der Waals surface area contributed by atoms with E-state index in [4.69, 9.17) is 9.47 Å². The number of methoxy groups -OCH3 is 1. The Morgan fingerprint density at radius 2 is 1.65 bits per heavy atom. The number of amides is 1. The minimum absolute atomic E-state index is 0.173. The van der Waals surface area contributed by atoms with Crippen LogP contribution in [0.15, 0.2) is 77.9 Å². The summed E-state index contributed by atoms with van der Waals surface area (Å²) in [5, 5.41) is 13.6. The summed E-state index contributed by atoms with van der Waals surface area (Å²) in [5.74, 6) is 0.493. The number of rotatable bonds is 8. The van der Waals surface area contributed by atoms with Gasteiger partial charge in [0.15, 0.2) is 0 Å². The van der Waals surface area contributed by atoms with Gasteiger partial charge in [0.1, 0.15) is 17.2 Å². The van der Waals surface area contributed by atoms with E-state index in [-0.39, 0.29) is 18.1 Å². The van der Waals surface area contributed by atoms with E-state index in [1.165, 1.54) is 6.21 Å². The normalized spacial score (nSPS) is 10.6. The molecule has 1 amide bonds. The number of hydrogen-bond acceptors (Lipinski definition) is 6. The Morgan fingerprint density at radius 1 is 0.968 bits per heavy atom. The number of aromatic hydroxyl groups is 1. The third-order valence-corrected chi connectivity index (χ3v) is 4.43. The fourth-order valence-corrected chi connectivity index (χ4v) is 2.72. The van der Waals surface area contributed by atoms with Gasteiger partial charge in [-0.25, -0.2) is 10.2 Å². The van der Waals surface area contributed by atoms with Crippen molar-refractivity contribution in [3.63, 3.8) is 0 Å². The fourth-order valence-electron chi connectivity index (χ4n) is 2.72. The molecule has 0 aliphatic carbocycles. The highest BCUT2D eigenvalue weighted by Crippen LogP contribution is 2.17. The average Bonchev–Trinajstić information content (AvgIpc) is 2.79. The zero-order chi connectivity index (χ0) is 22.1. The lowest BCUT2D eigenvalue weighted by atomic mass is 10.1. The van der Waals surface area contributed by atoms with Gasteiger partial charge in [-0.05, 0) is 72.1 Å². The summed E-state index contributed by atoms with van der Waals surface area (Å²) < 4.78 is 10.4. The highest BCUT2D eigenvalue weighted by molar-refractivity contribution is 5.91. The largest absolute Gasteiger partial charge is 0.508 e. The van der Waals surface area contributed by atoms with Gasteiger partial charge < -0.3 is 14.6 Å². The smallest absolute Gasteiger partial charge is 0.343 e. The molecule has 0 radical (unpaired) electrons. The predicted octanol–water partition coefficient (Wildman–Crippen LogP) is 3.70. The molecule has 0 saturated carbocycles. The molecule has 0 heterocycles. The first-order valence-corrected chi connectivity index (χ1v) is 9.60. The maximum atomic E-state index is 12.2. The monoisotopic (exact) mass is 418 g/mol. The first-order valence-electron chi connectivity index (χ1n) is 9.60. The summed E-state index contributed by atoms with van der Waals surface area (Å²) in [6.45, 7) is 0. The van der Waals surface area contributed by atoms with Crippen molar-refractivity contribution in [2.75, 3.05) is 7.11 Å². The van der Waals surface area contributed by atoms with Crippen molar-refractivity contribution in [3.8, 4) is 17.2 Å². The highest BCUT2D eigenvalue weighted by Gasteiger charge is 2.09. The second-order valence-electron chi connectivity index (χ2n) is 6.61. The van der Waals surface area contributed by atoms with Gasteiger partial charge >= 0.3 is 5.97 Å². The van der Waals surface area contributed by atoms with Crippen LogP contribution in [0.5, 0.6) is 17.2 Å². The Bertz CT molecular complexity index is 1060. The van der Waals surface area contributed by atoms with Crippen molar-refractivity contribution in [1.29, 1.82) is 0 Å². The number of aryl methyl sites for hydroxylation is 1. The van der Waals surface area contributed by atoms with E-state index in [0.29, 0.717) is 29.0 Å². The van der Waals surface area contributed by atoms with Gasteiger partial charge in [0.05, 0.1) is 18.9 Å². The zero-order valence-electron chi connectivity index (χ0n) is 16.9. The fraction of sp³-hybridized carbons (Fsp3) is 0.125. The third kappa shape index (κ3) is 6.43. The van der Waals surface area contributed by atoms with Crippen LogP contribution in [0, 0.1) is 0 Å². The van der Waals surface area contributed by atoms with E-state index in [9.17, 15) is 14.7 Å². The second kappa shape index (κ2) is 10.6. The maximum Gasteiger partial charge on any atom is 0.343 e. The van der Waals surface area contributed by atoms with Crippen LogP contribution in [0.1, 0.15) is 27.9 Å². The number of nitrogens with one attached hydrogen (secondary N) is 1. The number of hydrazone groups is 1. The van der Waals surface area contributed by atoms with Crippen LogP contribution < -0.4 is 14.9 Å². The van der Waals surface area contributed by atoms with Crippen LogP contribution in [0.4, 0.5) is 0 Å². The number of benzene rings is 3. The quantitative estimate of drug-likeness (QED) is 0.252. The number of para-hydroxylation sites is 1. The van der Waals surface area contributed by atoms with E-state index in [0.717, 1.165) is 5.56 Å². The standard InChI is InChI=1S/C24H22N2O5/c1-30-20-13-8-19(9-14-20)24(29)31-21-11-6-17(7-12-21)16-25-26-23(28)15-10-18-4-2-3-5-22(18)27/h2-9,11-14,16,27H,10,15H2,1H3,(H,26,28)/b25-16+. The van der Waals surface area contributed by atoms with Gasteiger partial charge in [-0.2, -0.15) is 5.10 Å². The van der Waals surface area contributed by atoms with Crippen LogP contribution in [0.25, 0.3) is 0 Å². The Morgan fingerprint density at radius 3 is 2.32 bits per heavy atom. The summed E-state index contributed by atoms with van der Waals surface area (Å²) in [4.78, 5) is 24.1. The van der Waals surface area contributed by atoms with Crippen LogP contribution in [-0.4, -0.2) is 30.3 Å². The van der Waals surface area contributed by atoms with Crippen molar-refractivity contribution >= 4 is 18.1 Å². The summed E-state index contributed by atoms with van der Waals surface area (Å²) >= 11 is 0. The first kappa shape index (κ1) is 21.6. The van der Waals surface area contributed by atoms with Crippen LogP contribution >= 0.6 is 0 Å². The van der Waals surface area contributed by atoms with E-state index in [2.05, 4.69) is 10.5 Å². The van der Waals surface area contributed by atoms with E-state index >= 15 is 0 Å². The number of nitrogens with zero attached hydrogens (tertiary/aromatic N) is 1. The van der Waals surface area contributed by atoms with E-state index < -0.39 is 5.97 Å². The van der Waals surface area contributed by atoms with Crippen molar-refractivity contribution < 1.29 is 24.2 Å². The summed E-state index contributed by atoms with van der Waals surface area (Å²) in [5.41, 5.74) is 4.30. The molecule has 7 heteroatoms. The number of ether oxygens (including phenoxy) is 2. The molecule has 0 atom stereocenters. The Balaban J connectivity index is 1.47. The van der Waals surface area contributed by atoms with Crippen molar-refractivity contribution in [2.45, 2.75) is 12.8 Å². The van der Waals surface area contributed by atoms with Crippen LogP contribution in [0.2, 0.25) is 0 Å². The molecule has 0 fully saturated rings. The molecule has 0 aliphatic rings. The number of carbonyl (C=O) groups is 2. The van der Waals surface area contributed by atoms with Crippen molar-refractivity contribution in [3.05, 3.63) is 89.5 Å². The lowest BCUT2D eigenvalue weighted by molar-refractivity contribution is -0.121. The molecule has 2 N–H and O–H groups in total. The third-order valence-electron chi connectivity index (χ3n) is 4.43. The second-order valence-corrected chi connectivity index (χ2v) is 6.61. The summed E-state index contributed by atoms with van der Waals surface area (Å²) in [6.07, 6.45) is 2.12. The molecule has 0 unspecified atom stereocenters. The van der Waals surface area contributed by atoms with Crippen molar-refractivity contribution in [2.24, 2.45) is 5.10 Å². The topological polar surface area (TPSA) is 97.2 Å². The number of phenolic OH excluding ortho intramolecular Hbond substituents is 1. The molecule has 0 spiro atoms. The Hall–Kier alpha value is -4.13. The van der Waals surface area contributed by atoms with Crippen molar-refractivity contribution in [1.82, 2.24) is 5.43 Å². The molecular weight excluding hydrogens is 396 g/mol. The minimum Gasteiger partial charge on any atom is -0.508 e. The zero-order valence-corrected chi connectivity index (χ0v) is 16.9. The van der Waals surface area contributed by atoms with Crippen LogP contribution in [0.3, 0.4) is 0 Å². The molecule has 3 aromatic carbocycles. The SMILES string of the molecule is COc1ccc(C(=O)Oc2ccc(/C=N/NC(=O)CCc3ccccc3O)cc2)cc1. The van der Waals surface area contributed by atoms with E-state index in [1.807, 2.05) is 6.07 Å². The predicted molar refractivity (Wildman–Crippen MR) is 117 cm³/mol. The summed E-state index contributed by atoms with van der Waals surface area (Å²) in [7, 11) is 1.56. The van der Waals surface area contributed by atoms with Gasteiger partial charge in [0.2, 0.25) is 5.91 Å². The number of hydrogen-bond donors (Lipinski definition) is 2. The highest BCUT2D eigenvalue weighted by atomic mass is 16.5. The van der Waals surface area contributed by atoms with Gasteiger partial charge in [0, 0.05) is 6.42 Å². The maximum absolute atomic E-state index is 12.2. The molecule has 0 aromatic heterocycles. The van der Waals surface area contributed by atoms with Gasteiger partial charge in [-0.1, -0.05) is 18.2 Å². The number of esters is 1. The average molecular weight is 418 g/mol. The lowest BCUT2D eigenvalue weighted by Gasteiger charge is -2.05. The molecule has 3 rings (SSSR count). The lowest BCUT2D eigenvalue weighted by Crippen LogP contribution is -2.17. The molecule has 158 valence electrons. The van der Waals surface area contributed by atoms with Gasteiger partial charge in [-0.3, -0.25) is 4.79 Å². The van der Waals surface area contributed by atoms with Gasteiger partial charge in [-0.15, -0.1) is 0 Å². The first-order chi connectivity index (χ1) is 15.0. The van der Waals surface area contributed by atoms with E-state index in [1.54, 1.807) is 73.8 Å². The molecule has 3 aromatic rings. The molecule has 0 bridgehead atoms. The Labute approximate surface area is 179 Å². The molecule has 0 saturated heterocycles. The number of carbonyl (C=O) groups excluding carboxylic acids is 2. The summed E-state index contributed by atoms with van der Waals surface area (Å²) in [6, 6.07) is 20.2. The minimum atomic E-state index is -0.471. The number of phenols is 1. The molecular formula is C24H22N2O5. The molecule has 0 aliphatic heterocycles. The van der Waals surface area contributed by atoms with Gasteiger partial charge in [0.25, 0.3) is 0 Å². The van der Waals surface area contributed by atoms with Crippen LogP contribution in [-0.2, 0) is 11.2 Å². The Kier molecular flexibility index (Phi) is 7.37.